The van der Waals surface area contributed by atoms with Crippen LogP contribution in [0, 0.1) is 0 Å². The minimum absolute atomic E-state index is 0.00756. The minimum atomic E-state index is -0.632. The number of esters is 1. The number of ether oxygens (including phenoxy) is 1. The molecule has 2 N–H and O–H groups in total. The fraction of sp³-hybridized carbons (Fsp3) is 0.364. The molecule has 0 aromatic heterocycles. The van der Waals surface area contributed by atoms with E-state index in [1.165, 1.54) is 0 Å². The first-order valence-corrected chi connectivity index (χ1v) is 6.15. The maximum Gasteiger partial charge on any atom is 0.307 e. The Morgan fingerprint density at radius 2 is 1.94 bits per heavy atom. The molecule has 0 spiro atoms. The van der Waals surface area contributed by atoms with Crippen molar-refractivity contribution in [1.29, 1.82) is 0 Å². The molecule has 0 saturated heterocycles. The van der Waals surface area contributed by atoms with E-state index in [2.05, 4.69) is 0 Å². The highest BCUT2D eigenvalue weighted by atomic mass is 35.5. The van der Waals surface area contributed by atoms with E-state index in [0.29, 0.717) is 22.2 Å². The van der Waals surface area contributed by atoms with Gasteiger partial charge in [0.05, 0.1) is 23.1 Å². The van der Waals surface area contributed by atoms with Crippen molar-refractivity contribution in [2.75, 3.05) is 6.61 Å². The van der Waals surface area contributed by atoms with E-state index in [4.69, 9.17) is 45.3 Å². The molecule has 0 amide bonds. The summed E-state index contributed by atoms with van der Waals surface area (Å²) in [5.74, 6) is -0.396. The molecule has 1 aromatic rings. The van der Waals surface area contributed by atoms with E-state index in [1.807, 2.05) is 0 Å². The molecular formula is C11H12Cl3NO2. The van der Waals surface area contributed by atoms with Crippen molar-refractivity contribution in [3.05, 3.63) is 32.8 Å². The molecule has 0 saturated carbocycles. The van der Waals surface area contributed by atoms with Crippen LogP contribution >= 0.6 is 34.8 Å². The highest BCUT2D eigenvalue weighted by molar-refractivity contribution is 6.44. The van der Waals surface area contributed by atoms with Gasteiger partial charge in [-0.1, -0.05) is 34.8 Å². The van der Waals surface area contributed by atoms with E-state index in [1.54, 1.807) is 19.1 Å². The van der Waals surface area contributed by atoms with Gasteiger partial charge >= 0.3 is 5.97 Å². The predicted molar refractivity (Wildman–Crippen MR) is 69.7 cm³/mol. The highest BCUT2D eigenvalue weighted by Crippen LogP contribution is 2.35. The van der Waals surface area contributed by atoms with Crippen LogP contribution in [0.4, 0.5) is 0 Å². The topological polar surface area (TPSA) is 52.3 Å². The summed E-state index contributed by atoms with van der Waals surface area (Å²) in [5, 5.41) is 1.01. The molecule has 0 bridgehead atoms. The lowest BCUT2D eigenvalue weighted by atomic mass is 10.0. The molecule has 6 heteroatoms. The summed E-state index contributed by atoms with van der Waals surface area (Å²) in [4.78, 5) is 11.3. The van der Waals surface area contributed by atoms with Gasteiger partial charge in [-0.15, -0.1) is 0 Å². The Balaban J connectivity index is 2.92. The number of hydrogen-bond acceptors (Lipinski definition) is 3. The number of halogens is 3. The first-order chi connectivity index (χ1) is 7.97. The molecule has 0 unspecified atom stereocenters. The average molecular weight is 297 g/mol. The van der Waals surface area contributed by atoms with Crippen molar-refractivity contribution in [3.8, 4) is 0 Å². The molecule has 1 aromatic carbocycles. The summed E-state index contributed by atoms with van der Waals surface area (Å²) < 4.78 is 4.81. The number of carbonyl (C=O) groups excluding carboxylic acids is 1. The van der Waals surface area contributed by atoms with E-state index < -0.39 is 12.0 Å². The van der Waals surface area contributed by atoms with E-state index in [-0.39, 0.29) is 11.4 Å². The van der Waals surface area contributed by atoms with Crippen LogP contribution in [0.25, 0.3) is 0 Å². The van der Waals surface area contributed by atoms with Crippen molar-refractivity contribution in [2.24, 2.45) is 5.73 Å². The summed E-state index contributed by atoms with van der Waals surface area (Å²) in [7, 11) is 0. The zero-order valence-electron chi connectivity index (χ0n) is 9.17. The largest absolute Gasteiger partial charge is 0.466 e. The van der Waals surface area contributed by atoms with Crippen molar-refractivity contribution in [3.63, 3.8) is 0 Å². The Morgan fingerprint density at radius 1 is 1.35 bits per heavy atom. The first-order valence-electron chi connectivity index (χ1n) is 5.02. The van der Waals surface area contributed by atoms with Gasteiger partial charge in [0.15, 0.2) is 0 Å². The third-order valence-corrected chi connectivity index (χ3v) is 3.29. The zero-order valence-corrected chi connectivity index (χ0v) is 11.4. The van der Waals surface area contributed by atoms with Gasteiger partial charge in [-0.25, -0.2) is 0 Å². The van der Waals surface area contributed by atoms with Crippen molar-refractivity contribution in [1.82, 2.24) is 0 Å². The molecule has 0 fully saturated rings. The quantitative estimate of drug-likeness (QED) is 0.682. The van der Waals surface area contributed by atoms with Crippen LogP contribution in [0.5, 0.6) is 0 Å². The van der Waals surface area contributed by atoms with Crippen molar-refractivity contribution >= 4 is 40.8 Å². The van der Waals surface area contributed by atoms with Crippen molar-refractivity contribution < 1.29 is 9.53 Å². The van der Waals surface area contributed by atoms with Gasteiger partial charge in [-0.2, -0.15) is 0 Å². The smallest absolute Gasteiger partial charge is 0.307 e. The van der Waals surface area contributed by atoms with Crippen LogP contribution in [0.3, 0.4) is 0 Å². The average Bonchev–Trinajstić information content (AvgIpc) is 2.24. The van der Waals surface area contributed by atoms with Gasteiger partial charge in [0.25, 0.3) is 0 Å². The van der Waals surface area contributed by atoms with Crippen LogP contribution in [0.15, 0.2) is 12.1 Å². The number of nitrogens with two attached hydrogens (primary N) is 1. The van der Waals surface area contributed by atoms with Crippen LogP contribution in [-0.2, 0) is 9.53 Å². The van der Waals surface area contributed by atoms with Gasteiger partial charge in [0.1, 0.15) is 0 Å². The second-order valence-electron chi connectivity index (χ2n) is 3.37. The van der Waals surface area contributed by atoms with Crippen LogP contribution in [-0.4, -0.2) is 12.6 Å². The lowest BCUT2D eigenvalue weighted by molar-refractivity contribution is -0.143. The fourth-order valence-electron chi connectivity index (χ4n) is 1.38. The summed E-state index contributed by atoms with van der Waals surface area (Å²) in [6, 6.07) is 2.54. The molecule has 0 heterocycles. The third kappa shape index (κ3) is 3.75. The van der Waals surface area contributed by atoms with E-state index >= 15 is 0 Å². The molecule has 1 rings (SSSR count). The van der Waals surface area contributed by atoms with E-state index in [0.717, 1.165) is 0 Å². The summed E-state index contributed by atoms with van der Waals surface area (Å²) >= 11 is 17.9. The van der Waals surface area contributed by atoms with Gasteiger partial charge in [0, 0.05) is 16.6 Å². The number of carbonyl (C=O) groups is 1. The predicted octanol–water partition coefficient (Wildman–Crippen LogP) is 3.60. The third-order valence-electron chi connectivity index (χ3n) is 2.14. The molecule has 94 valence electrons. The van der Waals surface area contributed by atoms with Crippen LogP contribution in [0.1, 0.15) is 24.9 Å². The Labute approximate surface area is 115 Å². The second-order valence-corrected chi connectivity index (χ2v) is 4.56. The minimum Gasteiger partial charge on any atom is -0.466 e. The van der Waals surface area contributed by atoms with Gasteiger partial charge in [-0.05, 0) is 19.1 Å². The monoisotopic (exact) mass is 295 g/mol. The Bertz CT molecular complexity index is 423. The van der Waals surface area contributed by atoms with Crippen molar-refractivity contribution in [2.45, 2.75) is 19.4 Å². The molecule has 0 aliphatic heterocycles. The molecule has 0 aliphatic rings. The van der Waals surface area contributed by atoms with Crippen LogP contribution in [0.2, 0.25) is 15.1 Å². The molecule has 17 heavy (non-hydrogen) atoms. The fourth-order valence-corrected chi connectivity index (χ4v) is 2.20. The maximum atomic E-state index is 11.3. The summed E-state index contributed by atoms with van der Waals surface area (Å²) in [6.45, 7) is 2.03. The molecular weight excluding hydrogens is 284 g/mol. The standard InChI is InChI=1S/C11H12Cl3NO2/c1-2-17-9(16)5-8(15)10-6(12)3-4-7(13)11(10)14/h3-4,8H,2,5,15H2,1H3/t8-/m1/s1. The Morgan fingerprint density at radius 3 is 2.53 bits per heavy atom. The summed E-state index contributed by atoms with van der Waals surface area (Å²) in [5.41, 5.74) is 6.33. The zero-order chi connectivity index (χ0) is 13.0. The molecule has 3 nitrogen and oxygen atoms in total. The molecule has 0 aliphatic carbocycles. The van der Waals surface area contributed by atoms with Gasteiger partial charge in [-0.3, -0.25) is 4.79 Å². The maximum absolute atomic E-state index is 11.3. The lowest BCUT2D eigenvalue weighted by Gasteiger charge is -2.15. The summed E-state index contributed by atoms with van der Waals surface area (Å²) in [6.07, 6.45) is 0.00756. The second kappa shape index (κ2) is 6.45. The van der Waals surface area contributed by atoms with Gasteiger partial charge in [0.2, 0.25) is 0 Å². The Hall–Kier alpha value is -0.480. The number of benzene rings is 1. The normalized spacial score (nSPS) is 12.3. The van der Waals surface area contributed by atoms with E-state index in [9.17, 15) is 4.79 Å². The highest BCUT2D eigenvalue weighted by Gasteiger charge is 2.19. The molecule has 1 atom stereocenters. The lowest BCUT2D eigenvalue weighted by Crippen LogP contribution is -2.18. The Kier molecular flexibility index (Phi) is 5.53. The molecule has 0 radical (unpaired) electrons. The first kappa shape index (κ1) is 14.6. The number of hydrogen-bond donors (Lipinski definition) is 1. The number of rotatable bonds is 4. The van der Waals surface area contributed by atoms with Gasteiger partial charge < -0.3 is 10.5 Å². The van der Waals surface area contributed by atoms with Crippen LogP contribution < -0.4 is 5.73 Å². The SMILES string of the molecule is CCOC(=O)C[C@@H](N)c1c(Cl)ccc(Cl)c1Cl.